The first-order valence-corrected chi connectivity index (χ1v) is 10.8. The number of sulfonamides is 1. The van der Waals surface area contributed by atoms with Gasteiger partial charge >= 0.3 is 0 Å². The Bertz CT molecular complexity index is 1140. The number of carbonyl (C=O) groups excluding carboxylic acids is 1. The minimum Gasteiger partial charge on any atom is -0.326 e. The minimum absolute atomic E-state index is 0.0955. The Morgan fingerprint density at radius 1 is 0.828 bits per heavy atom. The van der Waals surface area contributed by atoms with Gasteiger partial charge in [-0.1, -0.05) is 54.1 Å². The summed E-state index contributed by atoms with van der Waals surface area (Å²) >= 11 is 0. The molecule has 2 N–H and O–H groups in total. The number of aryl methyl sites for hydroxylation is 3. The molecule has 0 saturated carbocycles. The van der Waals surface area contributed by atoms with Crippen molar-refractivity contribution in [3.63, 3.8) is 0 Å². The van der Waals surface area contributed by atoms with E-state index < -0.39 is 10.0 Å². The van der Waals surface area contributed by atoms with E-state index in [0.29, 0.717) is 11.4 Å². The molecule has 3 rings (SSSR count). The van der Waals surface area contributed by atoms with Crippen LogP contribution in [0.25, 0.3) is 0 Å². The third-order valence-electron chi connectivity index (χ3n) is 4.63. The Labute approximate surface area is 171 Å². The van der Waals surface area contributed by atoms with Gasteiger partial charge in [0.1, 0.15) is 0 Å². The monoisotopic (exact) mass is 408 g/mol. The number of hydrogen-bond donors (Lipinski definition) is 2. The van der Waals surface area contributed by atoms with Crippen molar-refractivity contribution in [2.45, 2.75) is 32.1 Å². The number of benzene rings is 3. The van der Waals surface area contributed by atoms with Gasteiger partial charge in [-0.05, 0) is 55.7 Å². The molecular weight excluding hydrogens is 384 g/mol. The second kappa shape index (κ2) is 8.49. The van der Waals surface area contributed by atoms with E-state index in [2.05, 4.69) is 10.0 Å². The summed E-state index contributed by atoms with van der Waals surface area (Å²) in [5.41, 5.74) is 4.60. The van der Waals surface area contributed by atoms with E-state index >= 15 is 0 Å². The van der Waals surface area contributed by atoms with Gasteiger partial charge in [-0.15, -0.1) is 0 Å². The smallest absolute Gasteiger partial charge is 0.261 e. The average molecular weight is 409 g/mol. The Morgan fingerprint density at radius 3 is 2.24 bits per heavy atom. The number of amides is 1. The van der Waals surface area contributed by atoms with Gasteiger partial charge in [0.15, 0.2) is 0 Å². The Morgan fingerprint density at radius 2 is 1.55 bits per heavy atom. The summed E-state index contributed by atoms with van der Waals surface area (Å²) in [7, 11) is -3.78. The fraction of sp³-hybridized carbons (Fsp3) is 0.174. The molecule has 0 saturated heterocycles. The summed E-state index contributed by atoms with van der Waals surface area (Å²) in [6.45, 7) is 5.64. The molecular formula is C23H24N2O3S. The van der Waals surface area contributed by atoms with Crippen LogP contribution in [0.5, 0.6) is 0 Å². The topological polar surface area (TPSA) is 75.3 Å². The molecule has 150 valence electrons. The zero-order valence-corrected chi connectivity index (χ0v) is 17.5. The lowest BCUT2D eigenvalue weighted by Gasteiger charge is -2.14. The van der Waals surface area contributed by atoms with Gasteiger partial charge < -0.3 is 5.32 Å². The Kier molecular flexibility index (Phi) is 6.03. The molecule has 0 aliphatic heterocycles. The largest absolute Gasteiger partial charge is 0.326 e. The second-order valence-electron chi connectivity index (χ2n) is 7.11. The van der Waals surface area contributed by atoms with E-state index in [9.17, 15) is 13.2 Å². The standard InChI is InChI=1S/C23H24N2O3S/c1-16-9-12-21(18(3)13-16)25-29(27,28)20-11-10-17(2)22(15-20)24-23(26)14-19-7-5-4-6-8-19/h4-13,15,25H,14H2,1-3H3,(H,24,26). The molecule has 3 aromatic rings. The van der Waals surface area contributed by atoms with Gasteiger partial charge in [-0.3, -0.25) is 9.52 Å². The summed E-state index contributed by atoms with van der Waals surface area (Å²) < 4.78 is 28.3. The molecule has 0 aliphatic carbocycles. The lowest BCUT2D eigenvalue weighted by Crippen LogP contribution is -2.17. The molecule has 0 spiro atoms. The first kappa shape index (κ1) is 20.6. The first-order valence-electron chi connectivity index (χ1n) is 9.29. The molecule has 0 radical (unpaired) electrons. The van der Waals surface area contributed by atoms with E-state index in [1.807, 2.05) is 63.2 Å². The van der Waals surface area contributed by atoms with Crippen LogP contribution in [0.15, 0.2) is 71.6 Å². The van der Waals surface area contributed by atoms with Crippen molar-refractivity contribution in [1.29, 1.82) is 0 Å². The van der Waals surface area contributed by atoms with Crippen LogP contribution in [-0.2, 0) is 21.2 Å². The molecule has 3 aromatic carbocycles. The molecule has 29 heavy (non-hydrogen) atoms. The van der Waals surface area contributed by atoms with Crippen LogP contribution in [0.1, 0.15) is 22.3 Å². The van der Waals surface area contributed by atoms with Gasteiger partial charge in [0.2, 0.25) is 5.91 Å². The van der Waals surface area contributed by atoms with Crippen LogP contribution in [0.3, 0.4) is 0 Å². The molecule has 0 aliphatic rings. The molecule has 0 heterocycles. The zero-order valence-electron chi connectivity index (χ0n) is 16.7. The van der Waals surface area contributed by atoms with Crippen molar-refractivity contribution < 1.29 is 13.2 Å². The fourth-order valence-corrected chi connectivity index (χ4v) is 4.17. The fourth-order valence-electron chi connectivity index (χ4n) is 3.01. The SMILES string of the molecule is Cc1ccc(NS(=O)(=O)c2ccc(C)c(NC(=O)Cc3ccccc3)c2)c(C)c1. The molecule has 0 aromatic heterocycles. The molecule has 1 amide bonds. The van der Waals surface area contributed by atoms with E-state index in [1.54, 1.807) is 12.1 Å². The predicted octanol–water partition coefficient (Wildman–Crippen LogP) is 4.59. The van der Waals surface area contributed by atoms with Gasteiger partial charge in [0.05, 0.1) is 17.0 Å². The zero-order chi connectivity index (χ0) is 21.0. The van der Waals surface area contributed by atoms with Crippen LogP contribution < -0.4 is 10.0 Å². The molecule has 0 unspecified atom stereocenters. The number of hydrogen-bond acceptors (Lipinski definition) is 3. The maximum Gasteiger partial charge on any atom is 0.261 e. The highest BCUT2D eigenvalue weighted by molar-refractivity contribution is 7.92. The van der Waals surface area contributed by atoms with E-state index in [4.69, 9.17) is 0 Å². The van der Waals surface area contributed by atoms with Crippen molar-refractivity contribution in [3.05, 3.63) is 89.0 Å². The van der Waals surface area contributed by atoms with Gasteiger partial charge in [-0.25, -0.2) is 8.42 Å². The quantitative estimate of drug-likeness (QED) is 0.626. The Hall–Kier alpha value is -3.12. The van der Waals surface area contributed by atoms with Gasteiger partial charge in [0.25, 0.3) is 10.0 Å². The van der Waals surface area contributed by atoms with Crippen LogP contribution in [-0.4, -0.2) is 14.3 Å². The average Bonchev–Trinajstić information content (AvgIpc) is 2.66. The van der Waals surface area contributed by atoms with Crippen LogP contribution in [0, 0.1) is 20.8 Å². The minimum atomic E-state index is -3.78. The van der Waals surface area contributed by atoms with Crippen LogP contribution in [0.2, 0.25) is 0 Å². The summed E-state index contributed by atoms with van der Waals surface area (Å²) in [5.74, 6) is -0.198. The number of anilines is 2. The molecule has 6 heteroatoms. The lowest BCUT2D eigenvalue weighted by molar-refractivity contribution is -0.115. The summed E-state index contributed by atoms with van der Waals surface area (Å²) in [5, 5.41) is 2.82. The molecule has 0 atom stereocenters. The van der Waals surface area contributed by atoms with Crippen molar-refractivity contribution in [2.24, 2.45) is 0 Å². The highest BCUT2D eigenvalue weighted by Crippen LogP contribution is 2.24. The lowest BCUT2D eigenvalue weighted by atomic mass is 10.1. The summed E-state index contributed by atoms with van der Waals surface area (Å²) in [6, 6.07) is 19.6. The van der Waals surface area contributed by atoms with Crippen molar-refractivity contribution >= 4 is 27.3 Å². The van der Waals surface area contributed by atoms with Crippen LogP contribution in [0.4, 0.5) is 11.4 Å². The number of rotatable bonds is 6. The third-order valence-corrected chi connectivity index (χ3v) is 5.99. The molecule has 0 bridgehead atoms. The highest BCUT2D eigenvalue weighted by atomic mass is 32.2. The van der Waals surface area contributed by atoms with Crippen molar-refractivity contribution in [2.75, 3.05) is 10.0 Å². The van der Waals surface area contributed by atoms with E-state index in [-0.39, 0.29) is 17.2 Å². The number of nitrogens with one attached hydrogen (secondary N) is 2. The predicted molar refractivity (Wildman–Crippen MR) is 117 cm³/mol. The second-order valence-corrected chi connectivity index (χ2v) is 8.79. The van der Waals surface area contributed by atoms with Gasteiger partial charge in [-0.2, -0.15) is 0 Å². The van der Waals surface area contributed by atoms with Gasteiger partial charge in [0, 0.05) is 5.69 Å². The third kappa shape index (κ3) is 5.23. The van der Waals surface area contributed by atoms with E-state index in [0.717, 1.165) is 22.3 Å². The summed E-state index contributed by atoms with van der Waals surface area (Å²) in [6.07, 6.45) is 0.220. The maximum atomic E-state index is 12.9. The molecule has 5 nitrogen and oxygen atoms in total. The normalized spacial score (nSPS) is 11.1. The van der Waals surface area contributed by atoms with Crippen molar-refractivity contribution in [1.82, 2.24) is 0 Å². The van der Waals surface area contributed by atoms with Crippen LogP contribution >= 0.6 is 0 Å². The Balaban J connectivity index is 1.81. The number of carbonyl (C=O) groups is 1. The van der Waals surface area contributed by atoms with E-state index in [1.165, 1.54) is 12.1 Å². The first-order chi connectivity index (χ1) is 13.7. The highest BCUT2D eigenvalue weighted by Gasteiger charge is 2.17. The molecule has 0 fully saturated rings. The summed E-state index contributed by atoms with van der Waals surface area (Å²) in [4.78, 5) is 12.5. The maximum absolute atomic E-state index is 12.9. The van der Waals surface area contributed by atoms with Crippen molar-refractivity contribution in [3.8, 4) is 0 Å².